The number of hydrogen-bond acceptors (Lipinski definition) is 11. The van der Waals surface area contributed by atoms with Crippen LogP contribution in [0, 0.1) is 16.7 Å². The molecule has 3 heterocycles. The van der Waals surface area contributed by atoms with Crippen LogP contribution in [0.5, 0.6) is 0 Å². The SMILES string of the molecule is CC(=O)O[C@]12CO[C@@H]1C[C@@H]1OC(C)(C)O[C@@]34OC(C)(C)O[C@@H]3C3=C(C)[C@@H](O)C[C@@](O)([C@@H](OC(=O)c5ccccc5)[C@H]2[C@@]14C)C3(C)C. The average Bonchev–Trinajstić information content (AvgIpc) is 3.20. The number of carbonyl (C=O) groups is 2. The highest BCUT2D eigenvalue weighted by atomic mass is 16.9. The number of rotatable bonds is 3. The number of ether oxygens (including phenoxy) is 7. The summed E-state index contributed by atoms with van der Waals surface area (Å²) in [6, 6.07) is 8.52. The van der Waals surface area contributed by atoms with Gasteiger partial charge in [0.2, 0.25) is 5.79 Å². The maximum atomic E-state index is 14.1. The molecule has 10 atom stereocenters. The van der Waals surface area contributed by atoms with Gasteiger partial charge in [-0.2, -0.15) is 0 Å². The fourth-order valence-electron chi connectivity index (χ4n) is 9.85. The van der Waals surface area contributed by atoms with Crippen LogP contribution >= 0.6 is 0 Å². The van der Waals surface area contributed by atoms with Gasteiger partial charge in [-0.05, 0) is 57.9 Å². The molecule has 2 bridgehead atoms. The molecule has 2 N–H and O–H groups in total. The van der Waals surface area contributed by atoms with Gasteiger partial charge in [0.05, 0.1) is 35.7 Å². The number of hydrogen-bond donors (Lipinski definition) is 2. The van der Waals surface area contributed by atoms with Gasteiger partial charge in [0.25, 0.3) is 0 Å². The number of benzene rings is 1. The molecule has 11 heteroatoms. The van der Waals surface area contributed by atoms with Gasteiger partial charge in [-0.1, -0.05) is 39.0 Å². The fraction of sp³-hybridized carbons (Fsp3) is 0.714. The van der Waals surface area contributed by atoms with E-state index in [1.165, 1.54) is 6.92 Å². The molecule has 2 saturated carbocycles. The standard InChI is InChI=1S/C35H46O11/c1-18-21(37)16-34(39)27(41-28(38)20-13-11-10-12-14-20)25-32(9)22(15-23-33(25,17-40-23)42-19(2)36)43-30(5,6)45-35(32)26(24(18)29(34,3)4)44-31(7,8)46-35/h10-14,21-23,25-27,37,39H,15-17H2,1-9H3/t21-,22-,23+,25-,26+,27-,32+,33+,34+,35+/m0/s1. The lowest BCUT2D eigenvalue weighted by Gasteiger charge is -2.73. The Kier molecular flexibility index (Phi) is 6.73. The zero-order valence-corrected chi connectivity index (χ0v) is 28.0. The summed E-state index contributed by atoms with van der Waals surface area (Å²) in [5.41, 5.74) is -4.23. The van der Waals surface area contributed by atoms with Crippen LogP contribution in [0.4, 0.5) is 0 Å². The van der Waals surface area contributed by atoms with Gasteiger partial charge in [0, 0.05) is 25.2 Å². The molecular weight excluding hydrogens is 596 g/mol. The molecule has 7 rings (SSSR count). The lowest BCUT2D eigenvalue weighted by atomic mass is 9.43. The Morgan fingerprint density at radius 2 is 1.57 bits per heavy atom. The molecule has 3 saturated heterocycles. The van der Waals surface area contributed by atoms with Crippen LogP contribution in [0.25, 0.3) is 0 Å². The normalized spacial score (nSPS) is 46.0. The summed E-state index contributed by atoms with van der Waals surface area (Å²) >= 11 is 0. The van der Waals surface area contributed by atoms with Crippen LogP contribution in [0.2, 0.25) is 0 Å². The van der Waals surface area contributed by atoms with E-state index in [-0.39, 0.29) is 18.6 Å². The summed E-state index contributed by atoms with van der Waals surface area (Å²) in [7, 11) is 0. The monoisotopic (exact) mass is 642 g/mol. The first-order chi connectivity index (χ1) is 21.2. The van der Waals surface area contributed by atoms with Crippen molar-refractivity contribution in [3.05, 3.63) is 47.0 Å². The van der Waals surface area contributed by atoms with Gasteiger partial charge in [-0.25, -0.2) is 4.79 Å². The van der Waals surface area contributed by atoms with E-state index >= 15 is 0 Å². The number of aliphatic hydroxyl groups excluding tert-OH is 1. The highest BCUT2D eigenvalue weighted by Crippen LogP contribution is 2.72. The highest BCUT2D eigenvalue weighted by Gasteiger charge is 2.86. The van der Waals surface area contributed by atoms with Gasteiger partial charge >= 0.3 is 11.9 Å². The molecule has 0 unspecified atom stereocenters. The third-order valence-corrected chi connectivity index (χ3v) is 11.8. The molecule has 6 aliphatic rings. The molecule has 252 valence electrons. The minimum atomic E-state index is -1.90. The number of carbonyl (C=O) groups excluding carboxylic acids is 2. The summed E-state index contributed by atoms with van der Waals surface area (Å²) in [6.45, 7) is 16.0. The van der Waals surface area contributed by atoms with Crippen molar-refractivity contribution in [3.63, 3.8) is 0 Å². The Hall–Kier alpha value is -2.38. The smallest absolute Gasteiger partial charge is 0.338 e. The zero-order chi connectivity index (χ0) is 33.5. The molecule has 1 spiro atoms. The van der Waals surface area contributed by atoms with E-state index in [9.17, 15) is 19.8 Å². The second kappa shape index (κ2) is 9.62. The molecule has 5 fully saturated rings. The van der Waals surface area contributed by atoms with E-state index in [4.69, 9.17) is 33.2 Å². The van der Waals surface area contributed by atoms with Crippen molar-refractivity contribution in [1.82, 2.24) is 0 Å². The number of fused-ring (bicyclic) bond motifs is 5. The molecule has 0 aromatic heterocycles. The number of esters is 2. The molecule has 0 amide bonds. The predicted octanol–water partition coefficient (Wildman–Crippen LogP) is 3.79. The van der Waals surface area contributed by atoms with Gasteiger partial charge in [-0.3, -0.25) is 4.79 Å². The van der Waals surface area contributed by atoms with Crippen molar-refractivity contribution < 1.29 is 53.0 Å². The third kappa shape index (κ3) is 3.96. The molecular formula is C35H46O11. The minimum Gasteiger partial charge on any atom is -0.455 e. The molecule has 1 aromatic carbocycles. The molecule has 11 nitrogen and oxygen atoms in total. The van der Waals surface area contributed by atoms with Crippen molar-refractivity contribution in [2.75, 3.05) is 6.61 Å². The summed E-state index contributed by atoms with van der Waals surface area (Å²) in [5.74, 6) is -6.23. The predicted molar refractivity (Wildman–Crippen MR) is 161 cm³/mol. The lowest BCUT2D eigenvalue weighted by Crippen LogP contribution is -2.86. The van der Waals surface area contributed by atoms with E-state index in [1.807, 2.05) is 41.5 Å². The minimum absolute atomic E-state index is 0.0151. The Bertz CT molecular complexity index is 1500. The Morgan fingerprint density at radius 3 is 2.15 bits per heavy atom. The first-order valence-corrected chi connectivity index (χ1v) is 16.2. The van der Waals surface area contributed by atoms with Gasteiger partial charge in [0.15, 0.2) is 17.2 Å². The third-order valence-electron chi connectivity index (χ3n) is 11.8. The van der Waals surface area contributed by atoms with E-state index in [2.05, 4.69) is 0 Å². The maximum Gasteiger partial charge on any atom is 0.338 e. The summed E-state index contributed by atoms with van der Waals surface area (Å²) in [5, 5.41) is 25.0. The fourth-order valence-corrected chi connectivity index (χ4v) is 9.85. The van der Waals surface area contributed by atoms with Gasteiger partial charge < -0.3 is 43.4 Å². The topological polar surface area (TPSA) is 139 Å². The van der Waals surface area contributed by atoms with Gasteiger partial charge in [-0.15, -0.1) is 0 Å². The summed E-state index contributed by atoms with van der Waals surface area (Å²) < 4.78 is 46.5. The summed E-state index contributed by atoms with van der Waals surface area (Å²) in [6.07, 6.45) is -4.56. The first-order valence-electron chi connectivity index (χ1n) is 16.2. The Morgan fingerprint density at radius 1 is 0.935 bits per heavy atom. The van der Waals surface area contributed by atoms with Crippen LogP contribution in [0.1, 0.15) is 85.5 Å². The average molecular weight is 643 g/mol. The van der Waals surface area contributed by atoms with Crippen LogP contribution in [-0.2, 0) is 38.0 Å². The van der Waals surface area contributed by atoms with Crippen LogP contribution in [-0.4, -0.2) is 87.8 Å². The molecule has 3 aliphatic heterocycles. The van der Waals surface area contributed by atoms with Crippen LogP contribution in [0.15, 0.2) is 41.5 Å². The second-order valence-corrected chi connectivity index (χ2v) is 15.7. The van der Waals surface area contributed by atoms with Crippen molar-refractivity contribution in [3.8, 4) is 0 Å². The van der Waals surface area contributed by atoms with Crippen molar-refractivity contribution in [1.29, 1.82) is 0 Å². The van der Waals surface area contributed by atoms with Crippen molar-refractivity contribution in [2.45, 2.75) is 134 Å². The van der Waals surface area contributed by atoms with Crippen LogP contribution in [0.3, 0.4) is 0 Å². The van der Waals surface area contributed by atoms with Crippen molar-refractivity contribution >= 4 is 11.9 Å². The highest BCUT2D eigenvalue weighted by molar-refractivity contribution is 5.89. The van der Waals surface area contributed by atoms with Crippen LogP contribution < -0.4 is 0 Å². The largest absolute Gasteiger partial charge is 0.455 e. The second-order valence-electron chi connectivity index (χ2n) is 15.7. The zero-order valence-electron chi connectivity index (χ0n) is 28.0. The first kappa shape index (κ1) is 32.2. The Balaban J connectivity index is 1.58. The molecule has 0 radical (unpaired) electrons. The lowest BCUT2D eigenvalue weighted by molar-refractivity contribution is -0.494. The van der Waals surface area contributed by atoms with E-state index in [1.54, 1.807) is 44.2 Å². The quantitative estimate of drug-likeness (QED) is 0.368. The molecule has 1 aromatic rings. The van der Waals surface area contributed by atoms with E-state index in [0.29, 0.717) is 17.6 Å². The Labute approximate surface area is 269 Å². The van der Waals surface area contributed by atoms with E-state index in [0.717, 1.165) is 0 Å². The molecule has 3 aliphatic carbocycles. The van der Waals surface area contributed by atoms with Crippen molar-refractivity contribution in [2.24, 2.45) is 16.7 Å². The van der Waals surface area contributed by atoms with Gasteiger partial charge in [0.1, 0.15) is 23.9 Å². The maximum absolute atomic E-state index is 14.1. The molecule has 46 heavy (non-hydrogen) atoms. The number of aliphatic hydroxyl groups is 2. The summed E-state index contributed by atoms with van der Waals surface area (Å²) in [4.78, 5) is 27.1. The van der Waals surface area contributed by atoms with E-state index < -0.39 is 87.8 Å².